The fourth-order valence-corrected chi connectivity index (χ4v) is 9.72. The van der Waals surface area contributed by atoms with Crippen molar-refractivity contribution in [2.45, 2.75) is 0 Å². The average Bonchev–Trinajstić information content (AvgIpc) is 3.96. The summed E-state index contributed by atoms with van der Waals surface area (Å²) in [5, 5.41) is 7.01. The van der Waals surface area contributed by atoms with Crippen LogP contribution >= 0.6 is 11.3 Å². The molecule has 0 bridgehead atoms. The van der Waals surface area contributed by atoms with Crippen molar-refractivity contribution in [3.63, 3.8) is 0 Å². The van der Waals surface area contributed by atoms with Crippen molar-refractivity contribution in [3.8, 4) is 51.0 Å². The van der Waals surface area contributed by atoms with Gasteiger partial charge in [0.2, 0.25) is 0 Å². The molecule has 0 aliphatic carbocycles. The molecular weight excluding hydrogens is 717 g/mol. The van der Waals surface area contributed by atoms with E-state index in [1.807, 2.05) is 84.1 Å². The van der Waals surface area contributed by atoms with Crippen LogP contribution in [0.15, 0.2) is 186 Å². The zero-order valence-corrected chi connectivity index (χ0v) is 31.2. The summed E-state index contributed by atoms with van der Waals surface area (Å²) in [5.74, 6) is 1.86. The minimum Gasteiger partial charge on any atom is -0.456 e. The lowest BCUT2D eigenvalue weighted by Crippen LogP contribution is -2.00. The minimum atomic E-state index is 0.604. The van der Waals surface area contributed by atoms with Crippen LogP contribution in [0.25, 0.3) is 115 Å². The molecule has 0 amide bonds. The van der Waals surface area contributed by atoms with E-state index in [9.17, 15) is 0 Å². The summed E-state index contributed by atoms with van der Waals surface area (Å²) in [6.07, 6.45) is 0. The van der Waals surface area contributed by atoms with Crippen molar-refractivity contribution in [2.24, 2.45) is 0 Å². The van der Waals surface area contributed by atoms with E-state index in [4.69, 9.17) is 19.4 Å². The van der Waals surface area contributed by atoms with E-state index < -0.39 is 0 Å². The van der Waals surface area contributed by atoms with Crippen LogP contribution in [0.4, 0.5) is 0 Å². The standard InChI is InChI=1S/C51H30N4OS/c1-3-14-31(15-4-1)49-52-50(32-16-5-2-6-17-32)54-51(53-49)38-21-11-25-42-46(38)37-29-28-33(30-43(37)56-42)34-20-12-26-44-47(34)48-41(24-13-27-45(48)57-44)55-39-22-9-7-18-35(39)36-19-8-10-23-40(36)55/h1-30H. The van der Waals surface area contributed by atoms with Gasteiger partial charge in [-0.15, -0.1) is 11.3 Å². The molecule has 57 heavy (non-hydrogen) atoms. The molecule has 12 aromatic rings. The molecule has 0 atom stereocenters. The van der Waals surface area contributed by atoms with Crippen LogP contribution in [0.5, 0.6) is 0 Å². The Balaban J connectivity index is 1.06. The number of hydrogen-bond donors (Lipinski definition) is 0. The van der Waals surface area contributed by atoms with Gasteiger partial charge in [-0.25, -0.2) is 15.0 Å². The van der Waals surface area contributed by atoms with Crippen LogP contribution in [0, 0.1) is 0 Å². The fourth-order valence-electron chi connectivity index (χ4n) is 8.57. The highest BCUT2D eigenvalue weighted by Gasteiger charge is 2.21. The highest BCUT2D eigenvalue weighted by Crippen LogP contribution is 2.46. The SMILES string of the molecule is c1ccc(-c2nc(-c3ccccc3)nc(-c3cccc4oc5cc(-c6cccc7sc8cccc(-n9c%10ccccc%10c%10ccccc%109)c8c67)ccc5c34)n2)cc1. The van der Waals surface area contributed by atoms with Crippen LogP contribution in [-0.4, -0.2) is 19.5 Å². The van der Waals surface area contributed by atoms with E-state index >= 15 is 0 Å². The van der Waals surface area contributed by atoms with Gasteiger partial charge in [-0.1, -0.05) is 133 Å². The Morgan fingerprint density at radius 3 is 1.67 bits per heavy atom. The Morgan fingerprint density at radius 2 is 0.965 bits per heavy atom. The predicted octanol–water partition coefficient (Wildman–Crippen LogP) is 13.9. The molecular formula is C51H30N4OS. The van der Waals surface area contributed by atoms with Gasteiger partial charge in [0, 0.05) is 58.4 Å². The Bertz CT molecular complexity index is 3420. The molecule has 6 heteroatoms. The number of furan rings is 1. The maximum Gasteiger partial charge on any atom is 0.164 e. The molecule has 0 spiro atoms. The third-order valence-electron chi connectivity index (χ3n) is 11.1. The molecule has 0 aliphatic rings. The van der Waals surface area contributed by atoms with Crippen LogP contribution in [-0.2, 0) is 0 Å². The number of benzene rings is 8. The summed E-state index contributed by atoms with van der Waals surface area (Å²) in [4.78, 5) is 15.0. The van der Waals surface area contributed by atoms with Crippen LogP contribution in [0.1, 0.15) is 0 Å². The summed E-state index contributed by atoms with van der Waals surface area (Å²) in [6.45, 7) is 0. The Hall–Kier alpha value is -7.41. The number of hydrogen-bond acceptors (Lipinski definition) is 5. The summed E-state index contributed by atoms with van der Waals surface area (Å²) >= 11 is 1.84. The summed E-state index contributed by atoms with van der Waals surface area (Å²) in [7, 11) is 0. The Labute approximate surface area is 330 Å². The van der Waals surface area contributed by atoms with Gasteiger partial charge in [0.15, 0.2) is 17.5 Å². The van der Waals surface area contributed by atoms with E-state index in [1.54, 1.807) is 0 Å². The second kappa shape index (κ2) is 12.6. The highest BCUT2D eigenvalue weighted by molar-refractivity contribution is 7.26. The van der Waals surface area contributed by atoms with E-state index in [1.165, 1.54) is 53.2 Å². The second-order valence-corrected chi connectivity index (χ2v) is 15.4. The summed E-state index contributed by atoms with van der Waals surface area (Å²) < 4.78 is 11.6. The van der Waals surface area contributed by atoms with Gasteiger partial charge in [0.1, 0.15) is 11.2 Å². The van der Waals surface area contributed by atoms with Gasteiger partial charge in [-0.3, -0.25) is 0 Å². The molecule has 0 radical (unpaired) electrons. The van der Waals surface area contributed by atoms with Crippen LogP contribution in [0.2, 0.25) is 0 Å². The smallest absolute Gasteiger partial charge is 0.164 e. The van der Waals surface area contributed by atoms with Gasteiger partial charge in [0.25, 0.3) is 0 Å². The van der Waals surface area contributed by atoms with Crippen molar-refractivity contribution in [1.29, 1.82) is 0 Å². The van der Waals surface area contributed by atoms with Gasteiger partial charge in [-0.05, 0) is 59.7 Å². The molecule has 0 aliphatic heterocycles. The average molecular weight is 747 g/mol. The zero-order chi connectivity index (χ0) is 37.5. The third kappa shape index (κ3) is 4.98. The molecule has 4 heterocycles. The normalized spacial score (nSPS) is 11.9. The largest absolute Gasteiger partial charge is 0.456 e. The quantitative estimate of drug-likeness (QED) is 0.176. The molecule has 0 fully saturated rings. The minimum absolute atomic E-state index is 0.604. The van der Waals surface area contributed by atoms with Gasteiger partial charge < -0.3 is 8.98 Å². The number of nitrogens with zero attached hydrogens (tertiary/aromatic N) is 4. The van der Waals surface area contributed by atoms with Gasteiger partial charge >= 0.3 is 0 Å². The van der Waals surface area contributed by atoms with Crippen LogP contribution < -0.4 is 0 Å². The second-order valence-electron chi connectivity index (χ2n) is 14.3. The first-order chi connectivity index (χ1) is 28.3. The molecule has 0 N–H and O–H groups in total. The zero-order valence-electron chi connectivity index (χ0n) is 30.4. The topological polar surface area (TPSA) is 56.7 Å². The van der Waals surface area contributed by atoms with Crippen molar-refractivity contribution in [1.82, 2.24) is 19.5 Å². The predicted molar refractivity (Wildman–Crippen MR) is 236 cm³/mol. The Morgan fingerprint density at radius 1 is 0.386 bits per heavy atom. The number of fused-ring (bicyclic) bond motifs is 9. The van der Waals surface area contributed by atoms with Crippen molar-refractivity contribution < 1.29 is 4.42 Å². The first-order valence-electron chi connectivity index (χ1n) is 19.0. The fraction of sp³-hybridized carbons (Fsp3) is 0. The van der Waals surface area contributed by atoms with Crippen molar-refractivity contribution in [3.05, 3.63) is 182 Å². The monoisotopic (exact) mass is 746 g/mol. The molecule has 0 saturated heterocycles. The molecule has 12 rings (SSSR count). The van der Waals surface area contributed by atoms with Crippen molar-refractivity contribution >= 4 is 75.3 Å². The molecule has 0 saturated carbocycles. The first kappa shape index (κ1) is 31.9. The maximum absolute atomic E-state index is 6.69. The number of para-hydroxylation sites is 2. The number of rotatable bonds is 5. The Kier molecular flexibility index (Phi) is 7.03. The van der Waals surface area contributed by atoms with E-state index in [0.717, 1.165) is 44.2 Å². The molecule has 5 nitrogen and oxygen atoms in total. The number of thiophene rings is 1. The van der Waals surface area contributed by atoms with Gasteiger partial charge in [0.05, 0.1) is 16.7 Å². The summed E-state index contributed by atoms with van der Waals surface area (Å²) in [5.41, 5.74) is 10.2. The highest BCUT2D eigenvalue weighted by atomic mass is 32.1. The molecule has 4 aromatic heterocycles. The lowest BCUT2D eigenvalue weighted by atomic mass is 9.97. The van der Waals surface area contributed by atoms with E-state index in [-0.39, 0.29) is 0 Å². The molecule has 266 valence electrons. The summed E-state index contributed by atoms with van der Waals surface area (Å²) in [6, 6.07) is 63.7. The number of aromatic nitrogens is 4. The maximum atomic E-state index is 6.69. The van der Waals surface area contributed by atoms with Gasteiger partial charge in [-0.2, -0.15) is 0 Å². The lowest BCUT2D eigenvalue weighted by Gasteiger charge is -2.12. The lowest BCUT2D eigenvalue weighted by molar-refractivity contribution is 0.669. The molecule has 0 unspecified atom stereocenters. The van der Waals surface area contributed by atoms with Crippen molar-refractivity contribution in [2.75, 3.05) is 0 Å². The molecule has 8 aromatic carbocycles. The van der Waals surface area contributed by atoms with E-state index in [0.29, 0.717) is 17.5 Å². The van der Waals surface area contributed by atoms with Crippen LogP contribution in [0.3, 0.4) is 0 Å². The third-order valence-corrected chi connectivity index (χ3v) is 12.2. The first-order valence-corrected chi connectivity index (χ1v) is 19.8. The van der Waals surface area contributed by atoms with E-state index in [2.05, 4.69) is 114 Å².